The maximum Gasteiger partial charge on any atom is 0.0561 e. The van der Waals surface area contributed by atoms with E-state index in [-0.39, 0.29) is 0 Å². The Morgan fingerprint density at radius 3 is 2.60 bits per heavy atom. The Balaban J connectivity index is 2.65. The Morgan fingerprint density at radius 2 is 2.00 bits per heavy atom. The summed E-state index contributed by atoms with van der Waals surface area (Å²) < 4.78 is 4.90. The number of nitrogens with one attached hydrogen (secondary N) is 1. The molecule has 0 aliphatic rings. The predicted octanol–water partition coefficient (Wildman–Crippen LogP) is 1.23. The van der Waals surface area contributed by atoms with Crippen molar-refractivity contribution in [3.63, 3.8) is 0 Å². The van der Waals surface area contributed by atoms with E-state index in [0.29, 0.717) is 0 Å². The molecular weight excluding hydrogens is 166 g/mol. The highest BCUT2D eigenvalue weighted by Crippen LogP contribution is 2.19. The third kappa shape index (κ3) is 8.62. The number of hydrogen-bond acceptors (Lipinski definition) is 4. The van der Waals surface area contributed by atoms with Crippen molar-refractivity contribution >= 4 is 21.6 Å². The van der Waals surface area contributed by atoms with Gasteiger partial charge in [0.1, 0.15) is 0 Å². The summed E-state index contributed by atoms with van der Waals surface area (Å²) in [5, 5.41) is 3.09. The quantitative estimate of drug-likeness (QED) is 0.471. The second-order valence-corrected chi connectivity index (χ2v) is 4.44. The summed E-state index contributed by atoms with van der Waals surface area (Å²) in [6, 6.07) is 0. The standard InChI is InChI=1S/C6H15NOS2/c1-7-3-5-9-10-6-4-8-2/h7H,3-6H2,1-2H3. The van der Waals surface area contributed by atoms with Crippen molar-refractivity contribution in [2.75, 3.05) is 38.8 Å². The fourth-order valence-corrected chi connectivity index (χ4v) is 2.30. The van der Waals surface area contributed by atoms with Crippen LogP contribution in [0, 0.1) is 0 Å². The molecule has 0 aliphatic carbocycles. The van der Waals surface area contributed by atoms with Gasteiger partial charge in [-0.3, -0.25) is 0 Å². The third-order valence-electron chi connectivity index (χ3n) is 0.890. The van der Waals surface area contributed by atoms with Gasteiger partial charge in [0.2, 0.25) is 0 Å². The molecule has 0 unspecified atom stereocenters. The Morgan fingerprint density at radius 1 is 1.30 bits per heavy atom. The van der Waals surface area contributed by atoms with Crippen LogP contribution in [0.1, 0.15) is 0 Å². The van der Waals surface area contributed by atoms with Gasteiger partial charge in [-0.05, 0) is 7.05 Å². The van der Waals surface area contributed by atoms with Crippen molar-refractivity contribution in [2.45, 2.75) is 0 Å². The zero-order chi connectivity index (χ0) is 7.66. The van der Waals surface area contributed by atoms with E-state index in [4.69, 9.17) is 4.74 Å². The van der Waals surface area contributed by atoms with Crippen LogP contribution in [-0.4, -0.2) is 38.8 Å². The lowest BCUT2D eigenvalue weighted by molar-refractivity contribution is 0.219. The molecule has 0 spiro atoms. The molecule has 4 heteroatoms. The van der Waals surface area contributed by atoms with E-state index in [1.807, 2.05) is 28.6 Å². The molecule has 0 aromatic heterocycles. The molecule has 10 heavy (non-hydrogen) atoms. The van der Waals surface area contributed by atoms with E-state index in [0.717, 1.165) is 18.9 Å². The average Bonchev–Trinajstić information content (AvgIpc) is 1.97. The van der Waals surface area contributed by atoms with Crippen LogP contribution in [0.3, 0.4) is 0 Å². The molecular formula is C6H15NOS2. The molecule has 0 saturated carbocycles. The van der Waals surface area contributed by atoms with E-state index in [9.17, 15) is 0 Å². The topological polar surface area (TPSA) is 21.3 Å². The van der Waals surface area contributed by atoms with Gasteiger partial charge in [0.05, 0.1) is 6.61 Å². The largest absolute Gasteiger partial charge is 0.384 e. The second-order valence-electron chi connectivity index (χ2n) is 1.74. The minimum absolute atomic E-state index is 0.858. The maximum atomic E-state index is 4.90. The Bertz CT molecular complexity index is 55.7. The first-order chi connectivity index (χ1) is 4.91. The lowest BCUT2D eigenvalue weighted by atomic mass is 10.8. The molecule has 0 rings (SSSR count). The van der Waals surface area contributed by atoms with Gasteiger partial charge in [0.25, 0.3) is 0 Å². The van der Waals surface area contributed by atoms with E-state index in [1.165, 1.54) is 5.75 Å². The van der Waals surface area contributed by atoms with E-state index in [2.05, 4.69) is 5.32 Å². The molecule has 0 bridgehead atoms. The van der Waals surface area contributed by atoms with Crippen molar-refractivity contribution < 1.29 is 4.74 Å². The van der Waals surface area contributed by atoms with Crippen LogP contribution in [0.4, 0.5) is 0 Å². The van der Waals surface area contributed by atoms with Crippen LogP contribution in [0.25, 0.3) is 0 Å². The first-order valence-electron chi connectivity index (χ1n) is 3.29. The zero-order valence-corrected chi connectivity index (χ0v) is 8.19. The summed E-state index contributed by atoms with van der Waals surface area (Å²) >= 11 is 0. The average molecular weight is 181 g/mol. The maximum absolute atomic E-state index is 4.90. The van der Waals surface area contributed by atoms with Crippen molar-refractivity contribution in [1.29, 1.82) is 0 Å². The minimum atomic E-state index is 0.858. The van der Waals surface area contributed by atoms with Crippen molar-refractivity contribution in [2.24, 2.45) is 0 Å². The van der Waals surface area contributed by atoms with Crippen LogP contribution in [-0.2, 0) is 4.74 Å². The zero-order valence-electron chi connectivity index (χ0n) is 6.55. The van der Waals surface area contributed by atoms with Gasteiger partial charge in [-0.15, -0.1) is 0 Å². The smallest absolute Gasteiger partial charge is 0.0561 e. The third-order valence-corrected chi connectivity index (χ3v) is 3.26. The van der Waals surface area contributed by atoms with Crippen LogP contribution >= 0.6 is 21.6 Å². The molecule has 2 nitrogen and oxygen atoms in total. The van der Waals surface area contributed by atoms with Gasteiger partial charge in [-0.1, -0.05) is 21.6 Å². The summed E-state index contributed by atoms with van der Waals surface area (Å²) in [4.78, 5) is 0. The van der Waals surface area contributed by atoms with Crippen molar-refractivity contribution in [3.05, 3.63) is 0 Å². The van der Waals surface area contributed by atoms with Gasteiger partial charge >= 0.3 is 0 Å². The molecule has 0 aromatic carbocycles. The molecule has 62 valence electrons. The lowest BCUT2D eigenvalue weighted by Crippen LogP contribution is -2.09. The fourth-order valence-electron chi connectivity index (χ4n) is 0.379. The van der Waals surface area contributed by atoms with Crippen LogP contribution in [0.15, 0.2) is 0 Å². The van der Waals surface area contributed by atoms with Crippen LogP contribution < -0.4 is 5.32 Å². The number of rotatable bonds is 7. The van der Waals surface area contributed by atoms with Gasteiger partial charge in [0.15, 0.2) is 0 Å². The monoisotopic (exact) mass is 181 g/mol. The molecule has 0 atom stereocenters. The first kappa shape index (κ1) is 10.6. The molecule has 0 heterocycles. The Hall–Kier alpha value is 0.620. The highest BCUT2D eigenvalue weighted by molar-refractivity contribution is 8.76. The minimum Gasteiger partial charge on any atom is -0.384 e. The molecule has 0 aromatic rings. The van der Waals surface area contributed by atoms with Gasteiger partial charge in [0, 0.05) is 25.2 Å². The summed E-state index contributed by atoms with van der Waals surface area (Å²) in [6.07, 6.45) is 0. The van der Waals surface area contributed by atoms with E-state index in [1.54, 1.807) is 7.11 Å². The van der Waals surface area contributed by atoms with Crippen LogP contribution in [0.5, 0.6) is 0 Å². The van der Waals surface area contributed by atoms with E-state index >= 15 is 0 Å². The number of methoxy groups -OCH3 is 1. The lowest BCUT2D eigenvalue weighted by Gasteiger charge is -1.98. The molecule has 1 N–H and O–H groups in total. The number of hydrogen-bond donors (Lipinski definition) is 1. The van der Waals surface area contributed by atoms with E-state index < -0.39 is 0 Å². The fraction of sp³-hybridized carbons (Fsp3) is 1.00. The predicted molar refractivity (Wildman–Crippen MR) is 50.7 cm³/mol. The van der Waals surface area contributed by atoms with Gasteiger partial charge in [-0.25, -0.2) is 0 Å². The van der Waals surface area contributed by atoms with Crippen LogP contribution in [0.2, 0.25) is 0 Å². The first-order valence-corrected chi connectivity index (χ1v) is 5.78. The SMILES string of the molecule is CNCCSSCCOC. The molecule has 0 radical (unpaired) electrons. The summed E-state index contributed by atoms with van der Waals surface area (Å²) in [7, 11) is 7.47. The number of ether oxygens (including phenoxy) is 1. The second kappa shape index (κ2) is 9.62. The van der Waals surface area contributed by atoms with Crippen molar-refractivity contribution in [1.82, 2.24) is 5.32 Å². The Kier molecular flexibility index (Phi) is 10.2. The summed E-state index contributed by atoms with van der Waals surface area (Å²) in [5.41, 5.74) is 0. The molecule has 0 aliphatic heterocycles. The summed E-state index contributed by atoms with van der Waals surface area (Å²) in [5.74, 6) is 2.26. The normalized spacial score (nSPS) is 10.2. The summed E-state index contributed by atoms with van der Waals surface area (Å²) in [6.45, 7) is 1.95. The highest BCUT2D eigenvalue weighted by Gasteiger charge is 1.87. The van der Waals surface area contributed by atoms with Gasteiger partial charge in [-0.2, -0.15) is 0 Å². The molecule has 0 amide bonds. The van der Waals surface area contributed by atoms with Crippen molar-refractivity contribution in [3.8, 4) is 0 Å². The molecule has 0 fully saturated rings. The molecule has 0 saturated heterocycles. The highest BCUT2D eigenvalue weighted by atomic mass is 33.1. The Labute approximate surface area is 70.9 Å². The van der Waals surface area contributed by atoms with Gasteiger partial charge < -0.3 is 10.1 Å².